The predicted octanol–water partition coefficient (Wildman–Crippen LogP) is 1.04. The molecule has 94 valence electrons. The highest BCUT2D eigenvalue weighted by molar-refractivity contribution is 5.77. The van der Waals surface area contributed by atoms with Gasteiger partial charge in [-0.15, -0.1) is 0 Å². The van der Waals surface area contributed by atoms with Crippen LogP contribution < -0.4 is 5.32 Å². The lowest BCUT2D eigenvalue weighted by atomic mass is 10.1. The molecule has 0 spiro atoms. The predicted molar refractivity (Wildman–Crippen MR) is 67.2 cm³/mol. The number of aliphatic hydroxyl groups is 1. The second kappa shape index (κ2) is 5.46. The third-order valence-electron chi connectivity index (χ3n) is 2.68. The fourth-order valence-electron chi connectivity index (χ4n) is 1.71. The van der Waals surface area contributed by atoms with Gasteiger partial charge in [0.05, 0.1) is 11.7 Å². The first-order valence-electron chi connectivity index (χ1n) is 5.71. The first-order valence-corrected chi connectivity index (χ1v) is 5.71. The van der Waals surface area contributed by atoms with Crippen LogP contribution in [0.15, 0.2) is 42.7 Å². The van der Waals surface area contributed by atoms with Gasteiger partial charge in [0.1, 0.15) is 6.61 Å². The quantitative estimate of drug-likeness (QED) is 0.845. The van der Waals surface area contributed by atoms with E-state index in [1.165, 1.54) is 0 Å². The first-order chi connectivity index (χ1) is 8.70. The molecule has 2 aromatic rings. The first kappa shape index (κ1) is 12.3. The fourth-order valence-corrected chi connectivity index (χ4v) is 1.71. The maximum Gasteiger partial charge on any atom is 0.246 e. The molecule has 1 unspecified atom stereocenters. The number of carbonyl (C=O) groups excluding carboxylic acids is 1. The van der Waals surface area contributed by atoms with E-state index < -0.39 is 6.61 Å². The molecule has 0 aliphatic heterocycles. The van der Waals surface area contributed by atoms with Crippen molar-refractivity contribution in [2.75, 3.05) is 6.61 Å². The topological polar surface area (TPSA) is 67.2 Å². The van der Waals surface area contributed by atoms with Crippen LogP contribution in [-0.4, -0.2) is 27.4 Å². The molecular formula is C13H15N3O2. The zero-order chi connectivity index (χ0) is 13.0. The molecule has 2 N–H and O–H groups in total. The third kappa shape index (κ3) is 2.75. The zero-order valence-corrected chi connectivity index (χ0v) is 10.1. The molecule has 0 bridgehead atoms. The highest BCUT2D eigenvalue weighted by atomic mass is 16.3. The number of aromatic nitrogens is 2. The molecule has 1 aromatic carbocycles. The Hall–Kier alpha value is -2.14. The van der Waals surface area contributed by atoms with E-state index in [9.17, 15) is 4.79 Å². The summed E-state index contributed by atoms with van der Waals surface area (Å²) < 4.78 is 1.76. The average Bonchev–Trinajstić information content (AvgIpc) is 2.92. The summed E-state index contributed by atoms with van der Waals surface area (Å²) in [7, 11) is 0. The van der Waals surface area contributed by atoms with Crippen LogP contribution in [0.5, 0.6) is 0 Å². The van der Waals surface area contributed by atoms with E-state index in [-0.39, 0.29) is 11.9 Å². The van der Waals surface area contributed by atoms with Crippen molar-refractivity contribution in [3.8, 4) is 5.69 Å². The summed E-state index contributed by atoms with van der Waals surface area (Å²) in [5, 5.41) is 15.5. The molecule has 1 heterocycles. The minimum Gasteiger partial charge on any atom is -0.387 e. The standard InChI is InChI=1S/C13H15N3O2/c1-10(15-13(18)9-17)11-3-5-12(6-4-11)16-8-2-7-14-16/h2-8,10,17H,9H2,1H3,(H,15,18). The van der Waals surface area contributed by atoms with Crippen LogP contribution in [0.3, 0.4) is 0 Å². The number of nitrogens with zero attached hydrogens (tertiary/aromatic N) is 2. The molecule has 2 rings (SSSR count). The third-order valence-corrected chi connectivity index (χ3v) is 2.68. The highest BCUT2D eigenvalue weighted by Gasteiger charge is 2.08. The Labute approximate surface area is 105 Å². The van der Waals surface area contributed by atoms with Gasteiger partial charge in [-0.1, -0.05) is 12.1 Å². The van der Waals surface area contributed by atoms with Crippen LogP contribution in [0.2, 0.25) is 0 Å². The van der Waals surface area contributed by atoms with Crippen LogP contribution in [0.1, 0.15) is 18.5 Å². The van der Waals surface area contributed by atoms with Gasteiger partial charge in [0.15, 0.2) is 0 Å². The van der Waals surface area contributed by atoms with Crippen molar-refractivity contribution in [2.24, 2.45) is 0 Å². The summed E-state index contributed by atoms with van der Waals surface area (Å²) in [4.78, 5) is 11.1. The molecule has 0 radical (unpaired) electrons. The van der Waals surface area contributed by atoms with Crippen molar-refractivity contribution in [1.29, 1.82) is 0 Å². The van der Waals surface area contributed by atoms with Crippen molar-refractivity contribution in [3.63, 3.8) is 0 Å². The number of amides is 1. The zero-order valence-electron chi connectivity index (χ0n) is 10.1. The van der Waals surface area contributed by atoms with Gasteiger partial charge in [0.2, 0.25) is 5.91 Å². The minimum atomic E-state index is -0.490. The van der Waals surface area contributed by atoms with Crippen molar-refractivity contribution in [3.05, 3.63) is 48.3 Å². The maximum absolute atomic E-state index is 11.1. The van der Waals surface area contributed by atoms with Gasteiger partial charge in [0.25, 0.3) is 0 Å². The Bertz CT molecular complexity index is 506. The van der Waals surface area contributed by atoms with E-state index in [4.69, 9.17) is 5.11 Å². The minimum absolute atomic E-state index is 0.128. The molecule has 0 saturated heterocycles. The molecular weight excluding hydrogens is 230 g/mol. The van der Waals surface area contributed by atoms with Crippen LogP contribution in [-0.2, 0) is 4.79 Å². The molecule has 18 heavy (non-hydrogen) atoms. The van der Waals surface area contributed by atoms with Gasteiger partial charge >= 0.3 is 0 Å². The van der Waals surface area contributed by atoms with Crippen molar-refractivity contribution in [1.82, 2.24) is 15.1 Å². The van der Waals surface area contributed by atoms with Crippen molar-refractivity contribution in [2.45, 2.75) is 13.0 Å². The summed E-state index contributed by atoms with van der Waals surface area (Å²) >= 11 is 0. The van der Waals surface area contributed by atoms with Gasteiger partial charge < -0.3 is 10.4 Å². The Kier molecular flexibility index (Phi) is 3.74. The normalized spacial score (nSPS) is 12.1. The fraction of sp³-hybridized carbons (Fsp3) is 0.231. The number of rotatable bonds is 4. The molecule has 0 aliphatic rings. The molecule has 1 amide bonds. The Morgan fingerprint density at radius 3 is 2.72 bits per heavy atom. The SMILES string of the molecule is CC(NC(=O)CO)c1ccc(-n2cccn2)cc1. The number of aliphatic hydroxyl groups excluding tert-OH is 1. The van der Waals surface area contributed by atoms with Crippen molar-refractivity contribution < 1.29 is 9.90 Å². The molecule has 0 saturated carbocycles. The smallest absolute Gasteiger partial charge is 0.246 e. The Morgan fingerprint density at radius 1 is 1.44 bits per heavy atom. The van der Waals surface area contributed by atoms with Gasteiger partial charge in [-0.3, -0.25) is 4.79 Å². The van der Waals surface area contributed by atoms with E-state index in [2.05, 4.69) is 10.4 Å². The van der Waals surface area contributed by atoms with E-state index in [0.29, 0.717) is 0 Å². The number of benzene rings is 1. The lowest BCUT2D eigenvalue weighted by Crippen LogP contribution is -2.28. The number of nitrogens with one attached hydrogen (secondary N) is 1. The Morgan fingerprint density at radius 2 is 2.17 bits per heavy atom. The van der Waals surface area contributed by atoms with Gasteiger partial charge in [-0.2, -0.15) is 5.10 Å². The average molecular weight is 245 g/mol. The molecule has 5 nitrogen and oxygen atoms in total. The van der Waals surface area contributed by atoms with E-state index in [1.807, 2.05) is 43.5 Å². The second-order valence-electron chi connectivity index (χ2n) is 3.99. The van der Waals surface area contributed by atoms with E-state index in [1.54, 1.807) is 10.9 Å². The highest BCUT2D eigenvalue weighted by Crippen LogP contribution is 2.15. The molecule has 1 aromatic heterocycles. The Balaban J connectivity index is 2.10. The number of hydrogen-bond acceptors (Lipinski definition) is 3. The molecule has 0 fully saturated rings. The van der Waals surface area contributed by atoms with Crippen LogP contribution in [0.4, 0.5) is 0 Å². The summed E-state index contributed by atoms with van der Waals surface area (Å²) in [5.74, 6) is -0.376. The molecule has 5 heteroatoms. The van der Waals surface area contributed by atoms with E-state index >= 15 is 0 Å². The summed E-state index contributed by atoms with van der Waals surface area (Å²) in [6, 6.07) is 9.46. The monoisotopic (exact) mass is 245 g/mol. The van der Waals surface area contributed by atoms with Gasteiger partial charge in [-0.25, -0.2) is 4.68 Å². The summed E-state index contributed by atoms with van der Waals surface area (Å²) in [6.45, 7) is 1.38. The molecule has 1 atom stereocenters. The second-order valence-corrected chi connectivity index (χ2v) is 3.99. The van der Waals surface area contributed by atoms with Crippen LogP contribution >= 0.6 is 0 Å². The maximum atomic E-state index is 11.1. The lowest BCUT2D eigenvalue weighted by molar-refractivity contribution is -0.124. The summed E-state index contributed by atoms with van der Waals surface area (Å²) in [5.41, 5.74) is 1.94. The largest absolute Gasteiger partial charge is 0.387 e. The number of carbonyl (C=O) groups is 1. The number of hydrogen-bond donors (Lipinski definition) is 2. The summed E-state index contributed by atoms with van der Waals surface area (Å²) in [6.07, 6.45) is 3.59. The van der Waals surface area contributed by atoms with E-state index in [0.717, 1.165) is 11.3 Å². The van der Waals surface area contributed by atoms with Crippen LogP contribution in [0, 0.1) is 0 Å². The van der Waals surface area contributed by atoms with Gasteiger partial charge in [-0.05, 0) is 30.7 Å². The molecule has 0 aliphatic carbocycles. The van der Waals surface area contributed by atoms with Crippen LogP contribution in [0.25, 0.3) is 5.69 Å². The lowest BCUT2D eigenvalue weighted by Gasteiger charge is -2.14. The van der Waals surface area contributed by atoms with Gasteiger partial charge in [0, 0.05) is 12.4 Å². The van der Waals surface area contributed by atoms with Crippen molar-refractivity contribution >= 4 is 5.91 Å².